The number of carbonyl (C=O) groups is 1. The van der Waals surface area contributed by atoms with Gasteiger partial charge < -0.3 is 13.7 Å². The van der Waals surface area contributed by atoms with E-state index in [4.69, 9.17) is 9.15 Å². The molecular formula is C24H22FN3O3S. The maximum atomic E-state index is 13.6. The molecule has 0 spiro atoms. The summed E-state index contributed by atoms with van der Waals surface area (Å²) in [4.78, 5) is 12.8. The van der Waals surface area contributed by atoms with Crippen LogP contribution in [0, 0.1) is 26.6 Å². The van der Waals surface area contributed by atoms with Crippen LogP contribution in [0.2, 0.25) is 0 Å². The molecule has 0 atom stereocenters. The largest absolute Gasteiger partial charge is 0.484 e. The Morgan fingerprint density at radius 3 is 2.62 bits per heavy atom. The van der Waals surface area contributed by atoms with E-state index in [-0.39, 0.29) is 24.0 Å². The summed E-state index contributed by atoms with van der Waals surface area (Å²) in [5.41, 5.74) is 4.03. The minimum absolute atomic E-state index is 0.0681. The van der Waals surface area contributed by atoms with Gasteiger partial charge in [-0.2, -0.15) is 0 Å². The number of ether oxygens (including phenoxy) is 1. The second kappa shape index (κ2) is 9.40. The molecule has 6 nitrogen and oxygen atoms in total. The maximum absolute atomic E-state index is 13.6. The summed E-state index contributed by atoms with van der Waals surface area (Å²) in [6.07, 6.45) is 0. The van der Waals surface area contributed by atoms with Crippen molar-refractivity contribution >= 4 is 17.5 Å². The lowest BCUT2D eigenvalue weighted by atomic mass is 10.2. The molecule has 0 bridgehead atoms. The number of benzene rings is 2. The van der Waals surface area contributed by atoms with Gasteiger partial charge in [0, 0.05) is 22.6 Å². The van der Waals surface area contributed by atoms with Crippen LogP contribution in [0.5, 0.6) is 5.75 Å². The van der Waals surface area contributed by atoms with E-state index in [1.807, 2.05) is 61.7 Å². The smallest absolute Gasteiger partial charge is 0.277 e. The third kappa shape index (κ3) is 4.91. The summed E-state index contributed by atoms with van der Waals surface area (Å²) in [7, 11) is 0. The Balaban J connectivity index is 1.38. The molecule has 32 heavy (non-hydrogen) atoms. The van der Waals surface area contributed by atoms with Gasteiger partial charge in [0.25, 0.3) is 11.1 Å². The molecule has 164 valence electrons. The summed E-state index contributed by atoms with van der Waals surface area (Å²) in [5, 5.41) is 8.25. The predicted molar refractivity (Wildman–Crippen MR) is 120 cm³/mol. The fourth-order valence-corrected chi connectivity index (χ4v) is 4.06. The molecule has 8 heteroatoms. The van der Waals surface area contributed by atoms with Gasteiger partial charge in [-0.25, -0.2) is 4.39 Å². The minimum atomic E-state index is -0.322. The molecule has 0 unspecified atom stereocenters. The van der Waals surface area contributed by atoms with Gasteiger partial charge in [0.05, 0.1) is 5.75 Å². The first kappa shape index (κ1) is 21.8. The van der Waals surface area contributed by atoms with E-state index >= 15 is 0 Å². The van der Waals surface area contributed by atoms with Crippen LogP contribution in [-0.2, 0) is 6.61 Å². The first-order valence-corrected chi connectivity index (χ1v) is 11.0. The highest BCUT2D eigenvalue weighted by Gasteiger charge is 2.18. The van der Waals surface area contributed by atoms with Crippen LogP contribution in [0.1, 0.15) is 33.2 Å². The SMILES string of the molecule is Cc1ccc(OCc2nnc(SCC(=O)c3cc(C)n(-c4cccc(F)c4)c3C)o2)cc1. The van der Waals surface area contributed by atoms with Gasteiger partial charge in [0.1, 0.15) is 11.6 Å². The van der Waals surface area contributed by atoms with Crippen LogP contribution in [-0.4, -0.2) is 26.3 Å². The molecule has 0 amide bonds. The molecule has 0 saturated carbocycles. The molecule has 4 rings (SSSR count). The Bertz CT molecular complexity index is 1250. The normalized spacial score (nSPS) is 11.0. The summed E-state index contributed by atoms with van der Waals surface area (Å²) < 4.78 is 26.7. The Hall–Kier alpha value is -3.39. The Labute approximate surface area is 189 Å². The van der Waals surface area contributed by atoms with Crippen molar-refractivity contribution < 1.29 is 18.3 Å². The zero-order valence-corrected chi connectivity index (χ0v) is 18.8. The number of ketones is 1. The molecule has 0 aliphatic carbocycles. The Kier molecular flexibility index (Phi) is 6.41. The van der Waals surface area contributed by atoms with Gasteiger partial charge in [-0.3, -0.25) is 4.79 Å². The lowest BCUT2D eigenvalue weighted by Gasteiger charge is -2.09. The first-order valence-electron chi connectivity index (χ1n) is 10.0. The van der Waals surface area contributed by atoms with Crippen LogP contribution in [0.25, 0.3) is 5.69 Å². The monoisotopic (exact) mass is 451 g/mol. The van der Waals surface area contributed by atoms with Crippen molar-refractivity contribution in [1.29, 1.82) is 0 Å². The van der Waals surface area contributed by atoms with Crippen LogP contribution in [0.15, 0.2) is 64.2 Å². The van der Waals surface area contributed by atoms with Crippen LogP contribution < -0.4 is 4.74 Å². The molecule has 0 N–H and O–H groups in total. The third-order valence-electron chi connectivity index (χ3n) is 4.96. The topological polar surface area (TPSA) is 70.2 Å². The molecular weight excluding hydrogens is 429 g/mol. The van der Waals surface area contributed by atoms with Crippen LogP contribution in [0.4, 0.5) is 4.39 Å². The highest BCUT2D eigenvalue weighted by molar-refractivity contribution is 7.99. The number of carbonyl (C=O) groups excluding carboxylic acids is 1. The summed E-state index contributed by atoms with van der Waals surface area (Å²) in [6.45, 7) is 5.90. The van der Waals surface area contributed by atoms with E-state index in [2.05, 4.69) is 10.2 Å². The number of hydrogen-bond acceptors (Lipinski definition) is 6. The maximum Gasteiger partial charge on any atom is 0.277 e. The average Bonchev–Trinajstić information content (AvgIpc) is 3.35. The summed E-state index contributed by atoms with van der Waals surface area (Å²) in [6, 6.07) is 15.8. The Morgan fingerprint density at radius 1 is 1.09 bits per heavy atom. The van der Waals surface area contributed by atoms with Crippen molar-refractivity contribution in [3.8, 4) is 11.4 Å². The van der Waals surface area contributed by atoms with E-state index in [9.17, 15) is 9.18 Å². The number of aromatic nitrogens is 3. The number of nitrogens with zero attached hydrogens (tertiary/aromatic N) is 3. The number of hydrogen-bond donors (Lipinski definition) is 0. The summed E-state index contributed by atoms with van der Waals surface area (Å²) >= 11 is 1.18. The number of thioether (sulfide) groups is 1. The lowest BCUT2D eigenvalue weighted by Crippen LogP contribution is -2.05. The molecule has 2 heterocycles. The van der Waals surface area contributed by atoms with Gasteiger partial charge in [0.15, 0.2) is 12.4 Å². The van der Waals surface area contributed by atoms with Crippen molar-refractivity contribution in [3.63, 3.8) is 0 Å². The van der Waals surface area contributed by atoms with Crippen molar-refractivity contribution in [3.05, 3.63) is 88.8 Å². The average molecular weight is 452 g/mol. The number of Topliss-reactive ketones (excluding diaryl/α,β-unsaturated/α-hetero) is 1. The van der Waals surface area contributed by atoms with Crippen molar-refractivity contribution in [2.24, 2.45) is 0 Å². The van der Waals surface area contributed by atoms with Crippen molar-refractivity contribution in [2.45, 2.75) is 32.6 Å². The number of halogens is 1. The first-order chi connectivity index (χ1) is 15.4. The summed E-state index contributed by atoms with van der Waals surface area (Å²) in [5.74, 6) is 0.809. The third-order valence-corrected chi connectivity index (χ3v) is 5.77. The van der Waals surface area contributed by atoms with Gasteiger partial charge in [-0.15, -0.1) is 10.2 Å². The fraction of sp³-hybridized carbons (Fsp3) is 0.208. The van der Waals surface area contributed by atoms with Gasteiger partial charge in [0.2, 0.25) is 0 Å². The molecule has 0 fully saturated rings. The number of aryl methyl sites for hydroxylation is 2. The number of rotatable bonds is 8. The molecule has 0 aliphatic rings. The second-order valence-corrected chi connectivity index (χ2v) is 8.30. The van der Waals surface area contributed by atoms with Crippen LogP contribution in [0.3, 0.4) is 0 Å². The minimum Gasteiger partial charge on any atom is -0.484 e. The highest BCUT2D eigenvalue weighted by atomic mass is 32.2. The van der Waals surface area contributed by atoms with Crippen LogP contribution >= 0.6 is 11.8 Å². The van der Waals surface area contributed by atoms with Gasteiger partial charge in [-0.05, 0) is 57.2 Å². The zero-order valence-electron chi connectivity index (χ0n) is 18.0. The lowest BCUT2D eigenvalue weighted by molar-refractivity contribution is 0.102. The molecule has 4 aromatic rings. The van der Waals surface area contributed by atoms with E-state index < -0.39 is 0 Å². The quantitative estimate of drug-likeness (QED) is 0.261. The van der Waals surface area contributed by atoms with E-state index in [0.29, 0.717) is 28.1 Å². The standard InChI is InChI=1S/C24H22FN3O3S/c1-15-7-9-20(10-8-15)30-13-23-26-27-24(31-23)32-14-22(29)21-11-16(2)28(17(21)3)19-6-4-5-18(25)12-19/h4-12H,13-14H2,1-3H3. The molecule has 0 saturated heterocycles. The second-order valence-electron chi connectivity index (χ2n) is 7.38. The van der Waals surface area contributed by atoms with Crippen molar-refractivity contribution in [1.82, 2.24) is 14.8 Å². The zero-order chi connectivity index (χ0) is 22.7. The molecule has 0 aliphatic heterocycles. The van der Waals surface area contributed by atoms with E-state index in [1.165, 1.54) is 23.9 Å². The van der Waals surface area contributed by atoms with E-state index in [1.54, 1.807) is 6.07 Å². The van der Waals surface area contributed by atoms with E-state index in [0.717, 1.165) is 17.0 Å². The molecule has 0 radical (unpaired) electrons. The highest BCUT2D eigenvalue weighted by Crippen LogP contribution is 2.24. The van der Waals surface area contributed by atoms with Gasteiger partial charge >= 0.3 is 0 Å². The van der Waals surface area contributed by atoms with Crippen molar-refractivity contribution in [2.75, 3.05) is 5.75 Å². The predicted octanol–water partition coefficient (Wildman–Crippen LogP) is 5.48. The fourth-order valence-electron chi connectivity index (χ4n) is 3.40. The molecule has 2 aromatic heterocycles. The molecule has 2 aromatic carbocycles. The Morgan fingerprint density at radius 2 is 1.88 bits per heavy atom. The van der Waals surface area contributed by atoms with Gasteiger partial charge in [-0.1, -0.05) is 35.5 Å².